The molecule has 8 heteroatoms. The lowest BCUT2D eigenvalue weighted by atomic mass is 10.1. The molecule has 138 valence electrons. The first-order valence-corrected chi connectivity index (χ1v) is 9.73. The maximum absolute atomic E-state index is 13.1. The van der Waals surface area contributed by atoms with Gasteiger partial charge in [0.05, 0.1) is 10.5 Å². The summed E-state index contributed by atoms with van der Waals surface area (Å²) in [5.41, 5.74) is 6.69. The number of anilines is 1. The van der Waals surface area contributed by atoms with Crippen molar-refractivity contribution in [1.82, 2.24) is 9.21 Å². The van der Waals surface area contributed by atoms with Gasteiger partial charge in [0.2, 0.25) is 10.0 Å². The Balaban J connectivity index is 1.75. The van der Waals surface area contributed by atoms with Crippen molar-refractivity contribution in [3.63, 3.8) is 0 Å². The van der Waals surface area contributed by atoms with Crippen molar-refractivity contribution in [1.29, 1.82) is 0 Å². The molecule has 0 aliphatic carbocycles. The summed E-state index contributed by atoms with van der Waals surface area (Å²) in [6.45, 7) is 1.20. The van der Waals surface area contributed by atoms with Crippen molar-refractivity contribution in [2.45, 2.75) is 11.3 Å². The number of carbonyl (C=O) groups excluding carboxylic acids is 1. The first-order chi connectivity index (χ1) is 12.4. The fourth-order valence-corrected chi connectivity index (χ4v) is 4.42. The summed E-state index contributed by atoms with van der Waals surface area (Å²) in [5, 5.41) is 0. The number of halogens is 1. The highest BCUT2D eigenvalue weighted by Crippen LogP contribution is 2.20. The van der Waals surface area contributed by atoms with Gasteiger partial charge >= 0.3 is 0 Å². The van der Waals surface area contributed by atoms with Crippen molar-refractivity contribution in [3.8, 4) is 0 Å². The van der Waals surface area contributed by atoms with Gasteiger partial charge in [-0.1, -0.05) is 12.1 Å². The van der Waals surface area contributed by atoms with Gasteiger partial charge in [-0.05, 0) is 42.8 Å². The minimum atomic E-state index is -3.72. The van der Waals surface area contributed by atoms with E-state index in [0.29, 0.717) is 30.8 Å². The van der Waals surface area contributed by atoms with Crippen LogP contribution in [0.3, 0.4) is 0 Å². The number of benzene rings is 2. The molecule has 0 bridgehead atoms. The second kappa shape index (κ2) is 7.43. The van der Waals surface area contributed by atoms with E-state index in [1.165, 1.54) is 16.4 Å². The van der Waals surface area contributed by atoms with E-state index in [4.69, 9.17) is 5.73 Å². The van der Waals surface area contributed by atoms with Crippen LogP contribution < -0.4 is 5.73 Å². The van der Waals surface area contributed by atoms with Crippen LogP contribution in [0.1, 0.15) is 16.8 Å². The van der Waals surface area contributed by atoms with Crippen LogP contribution in [0.15, 0.2) is 53.4 Å². The highest BCUT2D eigenvalue weighted by Gasteiger charge is 2.28. The molecule has 3 rings (SSSR count). The quantitative estimate of drug-likeness (QED) is 0.829. The van der Waals surface area contributed by atoms with Crippen LogP contribution in [0, 0.1) is 5.82 Å². The van der Waals surface area contributed by atoms with Crippen LogP contribution in [0.25, 0.3) is 0 Å². The van der Waals surface area contributed by atoms with Gasteiger partial charge in [-0.2, -0.15) is 4.31 Å². The van der Waals surface area contributed by atoms with E-state index in [1.54, 1.807) is 29.2 Å². The Labute approximate surface area is 152 Å². The fraction of sp³-hybridized carbons (Fsp3) is 0.278. The van der Waals surface area contributed by atoms with Crippen molar-refractivity contribution >= 4 is 21.6 Å². The van der Waals surface area contributed by atoms with Crippen molar-refractivity contribution in [2.24, 2.45) is 0 Å². The fourth-order valence-electron chi connectivity index (χ4n) is 2.95. The number of hydrogen-bond acceptors (Lipinski definition) is 4. The first kappa shape index (κ1) is 18.3. The highest BCUT2D eigenvalue weighted by molar-refractivity contribution is 7.89. The highest BCUT2D eigenvalue weighted by atomic mass is 32.2. The monoisotopic (exact) mass is 377 g/mol. The maximum Gasteiger partial charge on any atom is 0.255 e. The Bertz CT molecular complexity index is 900. The van der Waals surface area contributed by atoms with E-state index in [0.717, 1.165) is 12.1 Å². The Kier molecular flexibility index (Phi) is 5.24. The molecule has 6 nitrogen and oxygen atoms in total. The summed E-state index contributed by atoms with van der Waals surface area (Å²) in [6, 6.07) is 11.6. The average molecular weight is 377 g/mol. The second-order valence-electron chi connectivity index (χ2n) is 6.09. The molecule has 0 atom stereocenters. The molecule has 1 saturated heterocycles. The molecule has 0 unspecified atom stereocenters. The van der Waals surface area contributed by atoms with Gasteiger partial charge < -0.3 is 10.6 Å². The summed E-state index contributed by atoms with van der Waals surface area (Å²) in [6.07, 6.45) is 0.513. The number of nitrogens with zero attached hydrogens (tertiary/aromatic N) is 2. The van der Waals surface area contributed by atoms with Gasteiger partial charge in [0.15, 0.2) is 0 Å². The van der Waals surface area contributed by atoms with Crippen LogP contribution in [-0.4, -0.2) is 49.7 Å². The molecule has 0 radical (unpaired) electrons. The lowest BCUT2D eigenvalue weighted by Crippen LogP contribution is -2.37. The van der Waals surface area contributed by atoms with Gasteiger partial charge in [-0.3, -0.25) is 4.79 Å². The summed E-state index contributed by atoms with van der Waals surface area (Å²) in [5.74, 6) is -0.693. The van der Waals surface area contributed by atoms with E-state index in [2.05, 4.69) is 0 Å². The lowest BCUT2D eigenvalue weighted by Gasteiger charge is -2.22. The van der Waals surface area contributed by atoms with Crippen LogP contribution in [-0.2, 0) is 10.0 Å². The maximum atomic E-state index is 13.1. The predicted octanol–water partition coefficient (Wildman–Crippen LogP) is 1.94. The molecule has 1 aliphatic heterocycles. The number of para-hydroxylation sites is 1. The van der Waals surface area contributed by atoms with E-state index in [-0.39, 0.29) is 23.9 Å². The van der Waals surface area contributed by atoms with Gasteiger partial charge in [0, 0.05) is 31.9 Å². The molecule has 2 aromatic rings. The van der Waals surface area contributed by atoms with E-state index in [9.17, 15) is 17.6 Å². The zero-order valence-corrected chi connectivity index (χ0v) is 15.0. The predicted molar refractivity (Wildman–Crippen MR) is 96.5 cm³/mol. The average Bonchev–Trinajstić information content (AvgIpc) is 2.89. The zero-order chi connectivity index (χ0) is 18.7. The zero-order valence-electron chi connectivity index (χ0n) is 14.1. The number of carbonyl (C=O) groups is 1. The minimum Gasteiger partial charge on any atom is -0.398 e. The molecule has 1 heterocycles. The van der Waals surface area contributed by atoms with Crippen LogP contribution in [0.4, 0.5) is 10.1 Å². The molecule has 2 aromatic carbocycles. The summed E-state index contributed by atoms with van der Waals surface area (Å²) >= 11 is 0. The molecular formula is C18H20FN3O3S. The molecule has 1 aliphatic rings. The van der Waals surface area contributed by atoms with Crippen molar-refractivity contribution < 1.29 is 17.6 Å². The first-order valence-electron chi connectivity index (χ1n) is 8.29. The molecule has 1 amide bonds. The number of hydrogen-bond donors (Lipinski definition) is 1. The largest absolute Gasteiger partial charge is 0.398 e. The third-order valence-corrected chi connectivity index (χ3v) is 6.30. The van der Waals surface area contributed by atoms with Crippen LogP contribution in [0.2, 0.25) is 0 Å². The smallest absolute Gasteiger partial charge is 0.255 e. The molecule has 0 saturated carbocycles. The molecule has 0 spiro atoms. The normalized spacial score (nSPS) is 16.3. The molecule has 2 N–H and O–H groups in total. The Morgan fingerprint density at radius 2 is 1.65 bits per heavy atom. The number of amides is 1. The standard InChI is InChI=1S/C18H20FN3O3S/c19-14-6-8-15(9-7-14)26(24,25)22-11-3-10-21(12-13-22)18(23)16-4-1-2-5-17(16)20/h1-2,4-9H,3,10-13,20H2. The minimum absolute atomic E-state index is 0.0472. The lowest BCUT2D eigenvalue weighted by molar-refractivity contribution is 0.0765. The summed E-state index contributed by atoms with van der Waals surface area (Å²) in [7, 11) is -3.72. The molecular weight excluding hydrogens is 357 g/mol. The van der Waals surface area contributed by atoms with E-state index < -0.39 is 15.8 Å². The number of rotatable bonds is 3. The third-order valence-electron chi connectivity index (χ3n) is 4.38. The van der Waals surface area contributed by atoms with E-state index in [1.807, 2.05) is 0 Å². The number of sulfonamides is 1. The van der Waals surface area contributed by atoms with Crippen LogP contribution >= 0.6 is 0 Å². The molecule has 26 heavy (non-hydrogen) atoms. The SMILES string of the molecule is Nc1ccccc1C(=O)N1CCCN(S(=O)(=O)c2ccc(F)cc2)CC1. The Morgan fingerprint density at radius 1 is 0.962 bits per heavy atom. The van der Waals surface area contributed by atoms with Gasteiger partial charge in [-0.25, -0.2) is 12.8 Å². The summed E-state index contributed by atoms with van der Waals surface area (Å²) < 4.78 is 39.9. The topological polar surface area (TPSA) is 83.7 Å². The van der Waals surface area contributed by atoms with Gasteiger partial charge in [0.1, 0.15) is 5.82 Å². The van der Waals surface area contributed by atoms with E-state index >= 15 is 0 Å². The number of nitrogen functional groups attached to an aromatic ring is 1. The van der Waals surface area contributed by atoms with Crippen molar-refractivity contribution in [3.05, 3.63) is 59.9 Å². The summed E-state index contributed by atoms with van der Waals surface area (Å²) in [4.78, 5) is 14.3. The molecule has 1 fully saturated rings. The Hall–Kier alpha value is -2.45. The van der Waals surface area contributed by atoms with Gasteiger partial charge in [-0.15, -0.1) is 0 Å². The number of nitrogens with two attached hydrogens (primary N) is 1. The van der Waals surface area contributed by atoms with Crippen molar-refractivity contribution in [2.75, 3.05) is 31.9 Å². The third kappa shape index (κ3) is 3.71. The van der Waals surface area contributed by atoms with Gasteiger partial charge in [0.25, 0.3) is 5.91 Å². The van der Waals surface area contributed by atoms with Crippen LogP contribution in [0.5, 0.6) is 0 Å². The second-order valence-corrected chi connectivity index (χ2v) is 8.03. The Morgan fingerprint density at radius 3 is 2.35 bits per heavy atom. The molecule has 0 aromatic heterocycles.